The van der Waals surface area contributed by atoms with Gasteiger partial charge in [-0.2, -0.15) is 0 Å². The van der Waals surface area contributed by atoms with Crippen LogP contribution in [0.15, 0.2) is 57.6 Å². The number of sulfonamides is 1. The molecular weight excluding hydrogens is 386 g/mol. The minimum atomic E-state index is -3.82. The van der Waals surface area contributed by atoms with E-state index in [4.69, 9.17) is 17.4 Å². The summed E-state index contributed by atoms with van der Waals surface area (Å²) in [4.78, 5) is -0.0468. The van der Waals surface area contributed by atoms with E-state index in [9.17, 15) is 13.5 Å². The molecule has 3 aromatic rings. The van der Waals surface area contributed by atoms with Crippen LogP contribution in [-0.2, 0) is 17.1 Å². The fourth-order valence-electron chi connectivity index (χ4n) is 2.77. The molecule has 0 unspecified atom stereocenters. The second-order valence-corrected chi connectivity index (χ2v) is 7.85. The molecule has 0 aliphatic rings. The maximum Gasteiger partial charge on any atom is 0.238 e. The van der Waals surface area contributed by atoms with E-state index in [-0.39, 0.29) is 15.9 Å². The Morgan fingerprint density at radius 3 is 2.67 bits per heavy atom. The summed E-state index contributed by atoms with van der Waals surface area (Å²) in [5, 5.41) is 27.0. The van der Waals surface area contributed by atoms with Crippen molar-refractivity contribution in [1.82, 2.24) is 4.57 Å². The van der Waals surface area contributed by atoms with Crippen LogP contribution < -0.4 is 10.5 Å². The van der Waals surface area contributed by atoms with E-state index >= 15 is 0 Å². The van der Waals surface area contributed by atoms with Crippen LogP contribution in [0.3, 0.4) is 0 Å². The summed E-state index contributed by atoms with van der Waals surface area (Å²) in [6.45, 7) is 1.94. The molecule has 1 heterocycles. The quantitative estimate of drug-likeness (QED) is 0.457. The smallest absolute Gasteiger partial charge is 0.238 e. The number of primary sulfonamides is 1. The lowest BCUT2D eigenvalue weighted by molar-refractivity contribution is 0.436. The molecule has 27 heavy (non-hydrogen) atoms. The molecule has 2 aromatic carbocycles. The average molecular weight is 403 g/mol. The van der Waals surface area contributed by atoms with E-state index in [1.807, 2.05) is 25.1 Å². The molecule has 8 nitrogen and oxygen atoms in total. The van der Waals surface area contributed by atoms with Gasteiger partial charge in [0.1, 0.15) is 0 Å². The third-order valence-electron chi connectivity index (χ3n) is 4.01. The average Bonchev–Trinajstić information content (AvgIpc) is 2.84. The zero-order valence-electron chi connectivity index (χ0n) is 14.5. The molecule has 140 valence electrons. The number of fused-ring (bicyclic) bond motifs is 1. The Kier molecular flexibility index (Phi) is 4.96. The predicted octanol–water partition coefficient (Wildman–Crippen LogP) is 3.32. The first-order valence-corrected chi connectivity index (χ1v) is 9.76. The van der Waals surface area contributed by atoms with Crippen molar-refractivity contribution in [3.8, 4) is 5.88 Å². The maximum atomic E-state index is 11.4. The summed E-state index contributed by atoms with van der Waals surface area (Å²) in [6, 6.07) is 11.5. The fraction of sp³-hybridized carbons (Fsp3) is 0.118. The molecule has 0 amide bonds. The van der Waals surface area contributed by atoms with Crippen LogP contribution in [0, 0.1) is 6.92 Å². The van der Waals surface area contributed by atoms with Gasteiger partial charge in [0.15, 0.2) is 5.69 Å². The first-order chi connectivity index (χ1) is 12.7. The van der Waals surface area contributed by atoms with Gasteiger partial charge in [-0.3, -0.25) is 0 Å². The molecule has 0 aliphatic heterocycles. The lowest BCUT2D eigenvalue weighted by Gasteiger charge is -2.05. The Morgan fingerprint density at radius 2 is 1.96 bits per heavy atom. The Morgan fingerprint density at radius 1 is 1.26 bits per heavy atom. The minimum absolute atomic E-state index is 0.00521. The molecule has 4 N–H and O–H groups in total. The van der Waals surface area contributed by atoms with Crippen LogP contribution in [-0.4, -0.2) is 23.2 Å². The van der Waals surface area contributed by atoms with Crippen molar-refractivity contribution >= 4 is 49.6 Å². The van der Waals surface area contributed by atoms with Crippen LogP contribution >= 0.6 is 12.2 Å². The molecule has 0 fully saturated rings. The summed E-state index contributed by atoms with van der Waals surface area (Å²) in [6.07, 6.45) is 0. The summed E-state index contributed by atoms with van der Waals surface area (Å²) < 4.78 is 24.5. The number of nitrogens with zero attached hydrogens (tertiary/aromatic N) is 3. The highest BCUT2D eigenvalue weighted by molar-refractivity contribution is 7.89. The molecule has 0 saturated heterocycles. The van der Waals surface area contributed by atoms with Gasteiger partial charge in [0.2, 0.25) is 21.0 Å². The monoisotopic (exact) mass is 403 g/mol. The Balaban J connectivity index is 1.88. The lowest BCUT2D eigenvalue weighted by Crippen LogP contribution is -2.13. The SMILES string of the molecule is Cc1cccc2c(N=NC(=S)Nc3cccc(S(N)(=O)=O)c3)c(O)n(C)c12. The summed E-state index contributed by atoms with van der Waals surface area (Å²) in [5.74, 6) is -0.0259. The van der Waals surface area contributed by atoms with E-state index < -0.39 is 10.0 Å². The van der Waals surface area contributed by atoms with Crippen LogP contribution in [0.1, 0.15) is 5.56 Å². The zero-order valence-corrected chi connectivity index (χ0v) is 16.2. The van der Waals surface area contributed by atoms with Gasteiger partial charge in [0.05, 0.1) is 10.4 Å². The second kappa shape index (κ2) is 7.06. The number of thiocarbonyl (C=S) groups is 1. The highest BCUT2D eigenvalue weighted by atomic mass is 32.2. The first-order valence-electron chi connectivity index (χ1n) is 7.81. The van der Waals surface area contributed by atoms with E-state index in [2.05, 4.69) is 15.5 Å². The van der Waals surface area contributed by atoms with E-state index in [1.165, 1.54) is 18.2 Å². The number of azo groups is 1. The topological polar surface area (TPSA) is 122 Å². The highest BCUT2D eigenvalue weighted by Crippen LogP contribution is 2.39. The van der Waals surface area contributed by atoms with Crippen molar-refractivity contribution in [3.63, 3.8) is 0 Å². The number of hydrogen-bond acceptors (Lipinski definition) is 5. The number of anilines is 1. The van der Waals surface area contributed by atoms with Crippen molar-refractivity contribution < 1.29 is 13.5 Å². The zero-order chi connectivity index (χ0) is 19.8. The van der Waals surface area contributed by atoms with Crippen LogP contribution in [0.25, 0.3) is 10.9 Å². The molecule has 0 atom stereocenters. The number of benzene rings is 2. The minimum Gasteiger partial charge on any atom is -0.493 e. The Labute approximate surface area is 161 Å². The number of para-hydroxylation sites is 1. The van der Waals surface area contributed by atoms with Gasteiger partial charge in [0, 0.05) is 18.1 Å². The van der Waals surface area contributed by atoms with Crippen molar-refractivity contribution in [2.24, 2.45) is 22.4 Å². The molecule has 0 bridgehead atoms. The largest absolute Gasteiger partial charge is 0.493 e. The standard InChI is InChI=1S/C17H17N5O3S2/c1-10-5-3-8-13-14(16(23)22(2)15(10)13)20-21-17(26)19-11-6-4-7-12(9-11)27(18,24)25/h3-9,23H,1-2H3,(H,19,26)(H2,18,24,25). The van der Waals surface area contributed by atoms with Gasteiger partial charge in [0.25, 0.3) is 0 Å². The van der Waals surface area contributed by atoms with Crippen molar-refractivity contribution in [3.05, 3.63) is 48.0 Å². The van der Waals surface area contributed by atoms with Gasteiger partial charge < -0.3 is 15.0 Å². The number of aromatic nitrogens is 1. The lowest BCUT2D eigenvalue weighted by atomic mass is 10.1. The van der Waals surface area contributed by atoms with Crippen molar-refractivity contribution in [2.75, 3.05) is 5.32 Å². The van der Waals surface area contributed by atoms with Crippen molar-refractivity contribution in [1.29, 1.82) is 0 Å². The number of rotatable bonds is 3. The third-order valence-corrected chi connectivity index (χ3v) is 5.11. The van der Waals surface area contributed by atoms with Crippen LogP contribution in [0.2, 0.25) is 0 Å². The molecule has 0 aliphatic carbocycles. The summed E-state index contributed by atoms with van der Waals surface area (Å²) in [5.41, 5.74) is 2.55. The number of hydrogen-bond donors (Lipinski definition) is 3. The van der Waals surface area contributed by atoms with E-state index in [0.29, 0.717) is 11.4 Å². The van der Waals surface area contributed by atoms with E-state index in [1.54, 1.807) is 17.7 Å². The molecule has 0 spiro atoms. The summed E-state index contributed by atoms with van der Waals surface area (Å²) in [7, 11) is -2.09. The number of nitrogens with one attached hydrogen (secondary N) is 1. The van der Waals surface area contributed by atoms with Gasteiger partial charge in [-0.15, -0.1) is 10.2 Å². The van der Waals surface area contributed by atoms with Crippen molar-refractivity contribution in [2.45, 2.75) is 11.8 Å². The maximum absolute atomic E-state index is 11.4. The molecular formula is C17H17N5O3S2. The Bertz CT molecular complexity index is 1180. The fourth-order valence-corrected chi connectivity index (χ4v) is 3.49. The molecule has 1 aromatic heterocycles. The predicted molar refractivity (Wildman–Crippen MR) is 108 cm³/mol. The normalized spacial score (nSPS) is 12.0. The summed E-state index contributed by atoms with van der Waals surface area (Å²) >= 11 is 5.13. The molecule has 0 radical (unpaired) electrons. The van der Waals surface area contributed by atoms with Gasteiger partial charge in [-0.25, -0.2) is 13.6 Å². The number of aryl methyl sites for hydroxylation is 2. The van der Waals surface area contributed by atoms with Crippen LogP contribution in [0.5, 0.6) is 5.88 Å². The number of nitrogens with two attached hydrogens (primary N) is 1. The molecule has 0 saturated carbocycles. The Hall–Kier alpha value is -2.82. The van der Waals surface area contributed by atoms with Gasteiger partial charge >= 0.3 is 0 Å². The third kappa shape index (κ3) is 3.82. The molecule has 10 heteroatoms. The van der Waals surface area contributed by atoms with E-state index in [0.717, 1.165) is 16.5 Å². The van der Waals surface area contributed by atoms with Gasteiger partial charge in [-0.1, -0.05) is 24.3 Å². The molecule has 3 rings (SSSR count). The van der Waals surface area contributed by atoms with Crippen LogP contribution in [0.4, 0.5) is 11.4 Å². The van der Waals surface area contributed by atoms with Gasteiger partial charge in [-0.05, 0) is 42.9 Å². The number of aromatic hydroxyl groups is 1. The highest BCUT2D eigenvalue weighted by Gasteiger charge is 2.15. The first kappa shape index (κ1) is 19.0. The second-order valence-electron chi connectivity index (χ2n) is 5.91.